The standard InChI is InChI=1S/C19H19N3O4/c1-3-24-15-10-8-14(9-11-15)18-21-19(22-26-18)20-17(23)12-25-16-7-5-4-6-13(16)2/h4-11H,3,12H2,1-2H3,(H,20,22,23). The first-order chi connectivity index (χ1) is 12.7. The Morgan fingerprint density at radius 1 is 1.12 bits per heavy atom. The molecular formula is C19H19N3O4. The van der Waals surface area contributed by atoms with Crippen molar-refractivity contribution in [2.24, 2.45) is 0 Å². The lowest BCUT2D eigenvalue weighted by atomic mass is 10.2. The largest absolute Gasteiger partial charge is 0.494 e. The van der Waals surface area contributed by atoms with Gasteiger partial charge in [0.15, 0.2) is 6.61 Å². The van der Waals surface area contributed by atoms with Gasteiger partial charge < -0.3 is 14.0 Å². The molecule has 0 saturated heterocycles. The van der Waals surface area contributed by atoms with Crippen molar-refractivity contribution >= 4 is 11.9 Å². The Kier molecular flexibility index (Phi) is 5.48. The van der Waals surface area contributed by atoms with Crippen LogP contribution in [0.15, 0.2) is 53.1 Å². The Morgan fingerprint density at radius 3 is 2.62 bits per heavy atom. The van der Waals surface area contributed by atoms with Gasteiger partial charge in [-0.1, -0.05) is 18.2 Å². The van der Waals surface area contributed by atoms with Gasteiger partial charge in [-0.05, 0) is 54.9 Å². The van der Waals surface area contributed by atoms with Crippen LogP contribution in [0.5, 0.6) is 11.5 Å². The van der Waals surface area contributed by atoms with Crippen molar-refractivity contribution in [1.29, 1.82) is 0 Å². The smallest absolute Gasteiger partial charge is 0.270 e. The van der Waals surface area contributed by atoms with E-state index in [0.29, 0.717) is 18.2 Å². The van der Waals surface area contributed by atoms with Gasteiger partial charge in [-0.2, -0.15) is 4.98 Å². The molecule has 0 unspecified atom stereocenters. The number of hydrogen-bond acceptors (Lipinski definition) is 6. The van der Waals surface area contributed by atoms with Crippen molar-refractivity contribution in [3.63, 3.8) is 0 Å². The quantitative estimate of drug-likeness (QED) is 0.700. The predicted molar refractivity (Wildman–Crippen MR) is 96.2 cm³/mol. The molecule has 0 aliphatic carbocycles. The van der Waals surface area contributed by atoms with Gasteiger partial charge in [-0.15, -0.1) is 0 Å². The number of carbonyl (C=O) groups is 1. The molecular weight excluding hydrogens is 334 g/mol. The number of aryl methyl sites for hydroxylation is 1. The molecule has 1 heterocycles. The Bertz CT molecular complexity index is 875. The first-order valence-electron chi connectivity index (χ1n) is 8.21. The summed E-state index contributed by atoms with van der Waals surface area (Å²) in [4.78, 5) is 16.1. The topological polar surface area (TPSA) is 86.5 Å². The highest BCUT2D eigenvalue weighted by Gasteiger charge is 2.12. The van der Waals surface area contributed by atoms with Crippen LogP contribution in [0.1, 0.15) is 12.5 Å². The van der Waals surface area contributed by atoms with Gasteiger partial charge in [0.25, 0.3) is 17.7 Å². The molecule has 3 rings (SSSR count). The normalized spacial score (nSPS) is 10.4. The molecule has 3 aromatic rings. The van der Waals surface area contributed by atoms with Crippen LogP contribution in [0.2, 0.25) is 0 Å². The summed E-state index contributed by atoms with van der Waals surface area (Å²) in [5.74, 6) is 1.45. The highest BCUT2D eigenvalue weighted by molar-refractivity contribution is 5.90. The molecule has 0 atom stereocenters. The molecule has 0 radical (unpaired) electrons. The van der Waals surface area contributed by atoms with Crippen LogP contribution in [-0.4, -0.2) is 29.3 Å². The second-order valence-corrected chi connectivity index (χ2v) is 5.48. The van der Waals surface area contributed by atoms with Gasteiger partial charge in [0.2, 0.25) is 0 Å². The minimum atomic E-state index is -0.368. The van der Waals surface area contributed by atoms with Gasteiger partial charge >= 0.3 is 0 Å². The second-order valence-electron chi connectivity index (χ2n) is 5.48. The Labute approximate surface area is 150 Å². The third-order valence-electron chi connectivity index (χ3n) is 3.54. The van der Waals surface area contributed by atoms with Gasteiger partial charge in [-0.3, -0.25) is 10.1 Å². The van der Waals surface area contributed by atoms with E-state index < -0.39 is 0 Å². The number of nitrogens with zero attached hydrogens (tertiary/aromatic N) is 2. The molecule has 7 nitrogen and oxygen atoms in total. The zero-order chi connectivity index (χ0) is 18.4. The first kappa shape index (κ1) is 17.5. The van der Waals surface area contributed by atoms with Crippen LogP contribution < -0.4 is 14.8 Å². The summed E-state index contributed by atoms with van der Waals surface area (Å²) in [6.07, 6.45) is 0. The molecule has 7 heteroatoms. The van der Waals surface area contributed by atoms with E-state index >= 15 is 0 Å². The van der Waals surface area contributed by atoms with Crippen molar-refractivity contribution in [3.05, 3.63) is 54.1 Å². The molecule has 0 bridgehead atoms. The van der Waals surface area contributed by atoms with Crippen LogP contribution >= 0.6 is 0 Å². The summed E-state index contributed by atoms with van der Waals surface area (Å²) in [5, 5.41) is 6.31. The van der Waals surface area contributed by atoms with E-state index in [1.165, 1.54) is 0 Å². The van der Waals surface area contributed by atoms with E-state index in [9.17, 15) is 4.79 Å². The maximum absolute atomic E-state index is 12.0. The van der Waals surface area contributed by atoms with Gasteiger partial charge in [0.05, 0.1) is 6.61 Å². The van der Waals surface area contributed by atoms with Crippen LogP contribution in [0.3, 0.4) is 0 Å². The van der Waals surface area contributed by atoms with Crippen molar-refractivity contribution in [2.45, 2.75) is 13.8 Å². The lowest BCUT2D eigenvalue weighted by Gasteiger charge is -2.07. The number of ether oxygens (including phenoxy) is 2. The number of benzene rings is 2. The number of rotatable bonds is 7. The van der Waals surface area contributed by atoms with Gasteiger partial charge in [0, 0.05) is 5.56 Å². The summed E-state index contributed by atoms with van der Waals surface area (Å²) < 4.78 is 16.1. The third-order valence-corrected chi connectivity index (χ3v) is 3.54. The molecule has 0 saturated carbocycles. The fourth-order valence-electron chi connectivity index (χ4n) is 2.27. The molecule has 1 aromatic heterocycles. The van der Waals surface area contributed by atoms with E-state index in [1.54, 1.807) is 6.07 Å². The Balaban J connectivity index is 1.57. The fraction of sp³-hybridized carbons (Fsp3) is 0.211. The van der Waals surface area contributed by atoms with Gasteiger partial charge in [-0.25, -0.2) is 0 Å². The maximum atomic E-state index is 12.0. The second kappa shape index (κ2) is 8.15. The van der Waals surface area contributed by atoms with Crippen molar-refractivity contribution in [1.82, 2.24) is 10.1 Å². The molecule has 0 aliphatic rings. The van der Waals surface area contributed by atoms with E-state index in [4.69, 9.17) is 14.0 Å². The maximum Gasteiger partial charge on any atom is 0.270 e. The minimum Gasteiger partial charge on any atom is -0.494 e. The fourth-order valence-corrected chi connectivity index (χ4v) is 2.27. The molecule has 1 amide bonds. The lowest BCUT2D eigenvalue weighted by Crippen LogP contribution is -2.21. The van der Waals surface area contributed by atoms with E-state index in [1.807, 2.05) is 56.3 Å². The SMILES string of the molecule is CCOc1ccc(-c2nc(NC(=O)COc3ccccc3C)no2)cc1. The average Bonchev–Trinajstić information content (AvgIpc) is 3.10. The minimum absolute atomic E-state index is 0.0901. The van der Waals surface area contributed by atoms with Gasteiger partial charge in [0.1, 0.15) is 11.5 Å². The summed E-state index contributed by atoms with van der Waals surface area (Å²) in [7, 11) is 0. The summed E-state index contributed by atoms with van der Waals surface area (Å²) in [6, 6.07) is 14.7. The van der Waals surface area contributed by atoms with Crippen LogP contribution in [0, 0.1) is 6.92 Å². The summed E-state index contributed by atoms with van der Waals surface area (Å²) in [6.45, 7) is 4.29. The van der Waals surface area contributed by atoms with Crippen molar-refractivity contribution in [3.8, 4) is 23.0 Å². The monoisotopic (exact) mass is 353 g/mol. The zero-order valence-electron chi connectivity index (χ0n) is 14.6. The number of nitrogens with one attached hydrogen (secondary N) is 1. The van der Waals surface area contributed by atoms with Crippen molar-refractivity contribution < 1.29 is 18.8 Å². The van der Waals surface area contributed by atoms with E-state index in [2.05, 4.69) is 15.5 Å². The predicted octanol–water partition coefficient (Wildman–Crippen LogP) is 3.46. The average molecular weight is 353 g/mol. The third kappa shape index (κ3) is 4.38. The number of amides is 1. The highest BCUT2D eigenvalue weighted by atomic mass is 16.5. The molecule has 0 spiro atoms. The summed E-state index contributed by atoms with van der Waals surface area (Å²) in [5.41, 5.74) is 1.69. The number of carbonyl (C=O) groups excluding carboxylic acids is 1. The van der Waals surface area contributed by atoms with Crippen LogP contribution in [0.4, 0.5) is 5.95 Å². The number of hydrogen-bond donors (Lipinski definition) is 1. The van der Waals surface area contributed by atoms with Crippen LogP contribution in [-0.2, 0) is 4.79 Å². The number of para-hydroxylation sites is 1. The molecule has 1 N–H and O–H groups in total. The number of aromatic nitrogens is 2. The number of anilines is 1. The first-order valence-corrected chi connectivity index (χ1v) is 8.21. The molecule has 2 aromatic carbocycles. The van der Waals surface area contributed by atoms with Crippen molar-refractivity contribution in [2.75, 3.05) is 18.5 Å². The molecule has 0 fully saturated rings. The summed E-state index contributed by atoms with van der Waals surface area (Å²) >= 11 is 0. The zero-order valence-corrected chi connectivity index (χ0v) is 14.6. The Morgan fingerprint density at radius 2 is 1.88 bits per heavy atom. The molecule has 26 heavy (non-hydrogen) atoms. The highest BCUT2D eigenvalue weighted by Crippen LogP contribution is 2.22. The molecule has 134 valence electrons. The molecule has 0 aliphatic heterocycles. The van der Waals surface area contributed by atoms with E-state index in [-0.39, 0.29) is 18.5 Å². The van der Waals surface area contributed by atoms with Crippen LogP contribution in [0.25, 0.3) is 11.5 Å². The lowest BCUT2D eigenvalue weighted by molar-refractivity contribution is -0.118. The van der Waals surface area contributed by atoms with E-state index in [0.717, 1.165) is 16.9 Å². The Hall–Kier alpha value is -3.35.